The molecule has 0 spiro atoms. The molecule has 2 rings (SSSR count). The van der Waals surface area contributed by atoms with E-state index in [1.54, 1.807) is 0 Å². The predicted molar refractivity (Wildman–Crippen MR) is 55.9 cm³/mol. The fourth-order valence-corrected chi connectivity index (χ4v) is 1.91. The molecule has 1 heteroatoms. The maximum atomic E-state index is 3.46. The molecule has 0 aliphatic carbocycles. The minimum Gasteiger partial charge on any atom is -0.368 e. The Hall–Kier alpha value is -0.980. The third kappa shape index (κ3) is 1.43. The minimum absolute atomic E-state index is 0.442. The van der Waals surface area contributed by atoms with E-state index in [2.05, 4.69) is 49.4 Å². The van der Waals surface area contributed by atoms with Crippen LogP contribution in [0.4, 0.5) is 5.69 Å². The van der Waals surface area contributed by atoms with Crippen LogP contribution in [0, 0.1) is 6.42 Å². The summed E-state index contributed by atoms with van der Waals surface area (Å²) in [5.41, 5.74) is 2.61. The molecule has 2 radical (unpaired) electrons. The molecule has 1 nitrogen and oxygen atoms in total. The quantitative estimate of drug-likeness (QED) is 0.664. The molecule has 1 aliphatic heterocycles. The molecule has 0 N–H and O–H groups in total. The van der Waals surface area contributed by atoms with Crippen molar-refractivity contribution in [1.29, 1.82) is 0 Å². The van der Waals surface area contributed by atoms with Gasteiger partial charge in [-0.1, -0.05) is 25.1 Å². The lowest BCUT2D eigenvalue weighted by Crippen LogP contribution is -2.29. The first kappa shape index (κ1) is 8.61. The van der Waals surface area contributed by atoms with Crippen LogP contribution in [0.5, 0.6) is 0 Å². The highest BCUT2D eigenvalue weighted by molar-refractivity contribution is 5.63. The number of para-hydroxylation sites is 1. The fourth-order valence-electron chi connectivity index (χ4n) is 1.91. The molecule has 0 aromatic heterocycles. The zero-order chi connectivity index (χ0) is 9.26. The fraction of sp³-hybridized carbons (Fsp3) is 0.417. The lowest BCUT2D eigenvalue weighted by atomic mass is 10.1. The third-order valence-electron chi connectivity index (χ3n) is 2.51. The Morgan fingerprint density at radius 2 is 2.15 bits per heavy atom. The Morgan fingerprint density at radius 1 is 1.38 bits per heavy atom. The molecule has 13 heavy (non-hydrogen) atoms. The second-order valence-electron chi connectivity index (χ2n) is 3.53. The SMILES string of the molecule is CCCN1c2ccccc2[C]C1C. The summed E-state index contributed by atoms with van der Waals surface area (Å²) in [6, 6.07) is 8.94. The van der Waals surface area contributed by atoms with Gasteiger partial charge in [0.1, 0.15) is 0 Å². The van der Waals surface area contributed by atoms with Crippen LogP contribution in [0.15, 0.2) is 24.3 Å². The summed E-state index contributed by atoms with van der Waals surface area (Å²) in [5, 5.41) is 0. The van der Waals surface area contributed by atoms with Crippen LogP contribution in [0.25, 0.3) is 0 Å². The van der Waals surface area contributed by atoms with Gasteiger partial charge >= 0.3 is 0 Å². The van der Waals surface area contributed by atoms with Crippen molar-refractivity contribution in [2.45, 2.75) is 26.3 Å². The number of anilines is 1. The van der Waals surface area contributed by atoms with Gasteiger partial charge in [0.05, 0.1) is 0 Å². The molecule has 68 valence electrons. The van der Waals surface area contributed by atoms with Crippen LogP contribution in [0.3, 0.4) is 0 Å². The van der Waals surface area contributed by atoms with E-state index in [-0.39, 0.29) is 0 Å². The van der Waals surface area contributed by atoms with Crippen LogP contribution >= 0.6 is 0 Å². The van der Waals surface area contributed by atoms with Gasteiger partial charge in [0.15, 0.2) is 0 Å². The number of benzene rings is 1. The third-order valence-corrected chi connectivity index (χ3v) is 2.51. The second kappa shape index (κ2) is 3.41. The van der Waals surface area contributed by atoms with Crippen molar-refractivity contribution in [2.24, 2.45) is 0 Å². The molecule has 1 heterocycles. The molecule has 0 bridgehead atoms. The summed E-state index contributed by atoms with van der Waals surface area (Å²) >= 11 is 0. The van der Waals surface area contributed by atoms with Gasteiger partial charge in [-0.2, -0.15) is 0 Å². The number of nitrogens with zero attached hydrogens (tertiary/aromatic N) is 1. The smallest absolute Gasteiger partial charge is 0.0428 e. The van der Waals surface area contributed by atoms with Gasteiger partial charge in [0.2, 0.25) is 0 Å². The van der Waals surface area contributed by atoms with Crippen LogP contribution in [-0.2, 0) is 0 Å². The highest BCUT2D eigenvalue weighted by atomic mass is 15.2. The molecule has 0 saturated heterocycles. The average Bonchev–Trinajstić information content (AvgIpc) is 2.44. The number of rotatable bonds is 2. The van der Waals surface area contributed by atoms with Crippen molar-refractivity contribution < 1.29 is 0 Å². The molecule has 1 aromatic carbocycles. The van der Waals surface area contributed by atoms with Crippen molar-refractivity contribution in [3.63, 3.8) is 0 Å². The average molecular weight is 173 g/mol. The van der Waals surface area contributed by atoms with Crippen molar-refractivity contribution in [2.75, 3.05) is 11.4 Å². The van der Waals surface area contributed by atoms with Crippen LogP contribution in [-0.4, -0.2) is 12.6 Å². The van der Waals surface area contributed by atoms with Crippen LogP contribution < -0.4 is 4.90 Å². The van der Waals surface area contributed by atoms with Crippen molar-refractivity contribution in [3.8, 4) is 0 Å². The lowest BCUT2D eigenvalue weighted by Gasteiger charge is -2.23. The number of hydrogen-bond acceptors (Lipinski definition) is 1. The first-order valence-corrected chi connectivity index (χ1v) is 4.95. The summed E-state index contributed by atoms with van der Waals surface area (Å²) < 4.78 is 0. The first-order valence-electron chi connectivity index (χ1n) is 4.95. The monoisotopic (exact) mass is 173 g/mol. The zero-order valence-corrected chi connectivity index (χ0v) is 8.25. The topological polar surface area (TPSA) is 3.24 Å². The van der Waals surface area contributed by atoms with E-state index in [4.69, 9.17) is 0 Å². The van der Waals surface area contributed by atoms with Crippen molar-refractivity contribution in [3.05, 3.63) is 36.2 Å². The van der Waals surface area contributed by atoms with Crippen molar-refractivity contribution >= 4 is 5.69 Å². The largest absolute Gasteiger partial charge is 0.368 e. The van der Waals surface area contributed by atoms with E-state index in [9.17, 15) is 0 Å². The molecular weight excluding hydrogens is 158 g/mol. The molecule has 1 aliphatic rings. The number of hydrogen-bond donors (Lipinski definition) is 0. The minimum atomic E-state index is 0.442. The lowest BCUT2D eigenvalue weighted by molar-refractivity contribution is 0.719. The van der Waals surface area contributed by atoms with Gasteiger partial charge in [-0.3, -0.25) is 0 Å². The Kier molecular flexibility index (Phi) is 2.26. The van der Waals surface area contributed by atoms with Crippen LogP contribution in [0.2, 0.25) is 0 Å². The Bertz CT molecular complexity index is 293. The van der Waals surface area contributed by atoms with Gasteiger partial charge in [0.25, 0.3) is 0 Å². The first-order chi connectivity index (χ1) is 6.33. The molecule has 1 atom stereocenters. The standard InChI is InChI=1S/C12H15N/c1-3-8-13-10(2)9-11-6-4-5-7-12(11)13/h4-7,10H,3,8H2,1-2H3. The van der Waals surface area contributed by atoms with E-state index < -0.39 is 0 Å². The molecular formula is C12H15N. The summed E-state index contributed by atoms with van der Waals surface area (Å²) in [5.74, 6) is 0. The van der Waals surface area contributed by atoms with Gasteiger partial charge < -0.3 is 4.90 Å². The summed E-state index contributed by atoms with van der Waals surface area (Å²) in [7, 11) is 0. The molecule has 1 aromatic rings. The Balaban J connectivity index is 2.29. The number of fused-ring (bicyclic) bond motifs is 1. The van der Waals surface area contributed by atoms with E-state index in [0.29, 0.717) is 6.04 Å². The van der Waals surface area contributed by atoms with Gasteiger partial charge in [-0.15, -0.1) is 0 Å². The van der Waals surface area contributed by atoms with E-state index in [1.807, 2.05) is 0 Å². The molecule has 0 amide bonds. The maximum Gasteiger partial charge on any atom is 0.0428 e. The highest BCUT2D eigenvalue weighted by Gasteiger charge is 2.24. The Labute approximate surface area is 80.4 Å². The van der Waals surface area contributed by atoms with E-state index in [1.165, 1.54) is 17.7 Å². The normalized spacial score (nSPS) is 20.5. The molecule has 0 saturated carbocycles. The van der Waals surface area contributed by atoms with E-state index in [0.717, 1.165) is 6.54 Å². The van der Waals surface area contributed by atoms with Gasteiger partial charge in [0, 0.05) is 24.7 Å². The molecule has 1 unspecified atom stereocenters. The van der Waals surface area contributed by atoms with Crippen LogP contribution in [0.1, 0.15) is 25.8 Å². The van der Waals surface area contributed by atoms with Gasteiger partial charge in [-0.05, 0) is 25.0 Å². The molecule has 0 fully saturated rings. The Morgan fingerprint density at radius 3 is 2.92 bits per heavy atom. The zero-order valence-electron chi connectivity index (χ0n) is 8.25. The highest BCUT2D eigenvalue weighted by Crippen LogP contribution is 2.32. The van der Waals surface area contributed by atoms with E-state index >= 15 is 0 Å². The van der Waals surface area contributed by atoms with Gasteiger partial charge in [-0.25, -0.2) is 0 Å². The second-order valence-corrected chi connectivity index (χ2v) is 3.53. The van der Waals surface area contributed by atoms with Crippen molar-refractivity contribution in [1.82, 2.24) is 0 Å². The maximum absolute atomic E-state index is 3.46. The summed E-state index contributed by atoms with van der Waals surface area (Å²) in [6.07, 6.45) is 4.65. The summed E-state index contributed by atoms with van der Waals surface area (Å²) in [4.78, 5) is 2.41. The predicted octanol–water partition coefficient (Wildman–Crippen LogP) is 2.73. The summed E-state index contributed by atoms with van der Waals surface area (Å²) in [6.45, 7) is 5.55.